The molecule has 0 saturated heterocycles. The van der Waals surface area contributed by atoms with Gasteiger partial charge in [-0.3, -0.25) is 0 Å². The van der Waals surface area contributed by atoms with Gasteiger partial charge in [-0.15, -0.1) is 11.8 Å². The Morgan fingerprint density at radius 2 is 1.78 bits per heavy atom. The molecule has 94 valence electrons. The zero-order chi connectivity index (χ0) is 13.1. The van der Waals surface area contributed by atoms with Gasteiger partial charge in [0.2, 0.25) is 0 Å². The summed E-state index contributed by atoms with van der Waals surface area (Å²) in [6.45, 7) is 0. The number of thioether (sulfide) groups is 1. The van der Waals surface area contributed by atoms with Gasteiger partial charge in [0.05, 0.1) is 0 Å². The van der Waals surface area contributed by atoms with Crippen molar-refractivity contribution in [3.05, 3.63) is 56.5 Å². The lowest BCUT2D eigenvalue weighted by Crippen LogP contribution is -1.90. The third-order valence-corrected chi connectivity index (χ3v) is 4.71. The van der Waals surface area contributed by atoms with Crippen LogP contribution in [0.25, 0.3) is 0 Å². The van der Waals surface area contributed by atoms with Gasteiger partial charge in [0.1, 0.15) is 0 Å². The van der Waals surface area contributed by atoms with E-state index in [2.05, 4.69) is 15.9 Å². The van der Waals surface area contributed by atoms with Crippen molar-refractivity contribution in [3.8, 4) is 0 Å². The summed E-state index contributed by atoms with van der Waals surface area (Å²) in [5.74, 6) is 0.694. The largest absolute Gasteiger partial charge is 0.398 e. The van der Waals surface area contributed by atoms with E-state index in [4.69, 9.17) is 28.9 Å². The third kappa shape index (κ3) is 3.35. The normalized spacial score (nSPS) is 10.6. The number of hydrogen-bond acceptors (Lipinski definition) is 2. The molecular weight excluding hydrogens is 353 g/mol. The average molecular weight is 363 g/mol. The first-order valence-electron chi connectivity index (χ1n) is 5.18. The second-order valence-electron chi connectivity index (χ2n) is 3.67. The summed E-state index contributed by atoms with van der Waals surface area (Å²) in [5, 5.41) is 1.37. The van der Waals surface area contributed by atoms with Crippen molar-refractivity contribution in [1.29, 1.82) is 0 Å². The fourth-order valence-electron chi connectivity index (χ4n) is 1.45. The number of nitrogen functional groups attached to an aromatic ring is 1. The van der Waals surface area contributed by atoms with Crippen LogP contribution in [0.15, 0.2) is 45.8 Å². The van der Waals surface area contributed by atoms with Crippen molar-refractivity contribution in [2.45, 2.75) is 10.6 Å². The summed E-state index contributed by atoms with van der Waals surface area (Å²) in [6.07, 6.45) is 0. The fraction of sp³-hybridized carbons (Fsp3) is 0.0769. The quantitative estimate of drug-likeness (QED) is 0.565. The van der Waals surface area contributed by atoms with Gasteiger partial charge in [-0.25, -0.2) is 0 Å². The minimum atomic E-state index is 0.684. The van der Waals surface area contributed by atoms with Gasteiger partial charge in [0.15, 0.2) is 0 Å². The van der Waals surface area contributed by atoms with Crippen molar-refractivity contribution < 1.29 is 0 Å². The summed E-state index contributed by atoms with van der Waals surface area (Å²) in [6, 6.07) is 11.3. The van der Waals surface area contributed by atoms with Gasteiger partial charge in [-0.1, -0.05) is 45.2 Å². The molecule has 1 nitrogen and oxygen atoms in total. The fourth-order valence-corrected chi connectivity index (χ4v) is 3.71. The van der Waals surface area contributed by atoms with Gasteiger partial charge < -0.3 is 5.73 Å². The molecule has 2 N–H and O–H groups in total. The number of hydrogen-bond donors (Lipinski definition) is 1. The molecule has 0 aliphatic rings. The molecule has 0 aliphatic carbocycles. The molecule has 0 bridgehead atoms. The van der Waals surface area contributed by atoms with E-state index in [0.717, 1.165) is 20.6 Å². The van der Waals surface area contributed by atoms with E-state index in [1.54, 1.807) is 11.8 Å². The van der Waals surface area contributed by atoms with Crippen LogP contribution < -0.4 is 5.73 Å². The molecule has 18 heavy (non-hydrogen) atoms. The average Bonchev–Trinajstić information content (AvgIpc) is 2.33. The van der Waals surface area contributed by atoms with Crippen LogP contribution in [0.5, 0.6) is 0 Å². The molecule has 0 saturated carbocycles. The maximum absolute atomic E-state index is 6.13. The minimum Gasteiger partial charge on any atom is -0.398 e. The van der Waals surface area contributed by atoms with E-state index < -0.39 is 0 Å². The second kappa shape index (κ2) is 6.20. The smallest absolute Gasteiger partial charge is 0.0461 e. The molecule has 0 aliphatic heterocycles. The molecular formula is C13H10BrCl2NS. The SMILES string of the molecule is Nc1ccc(Br)cc1SCc1c(Cl)cccc1Cl. The van der Waals surface area contributed by atoms with Gasteiger partial charge in [-0.05, 0) is 35.9 Å². The molecule has 0 atom stereocenters. The van der Waals surface area contributed by atoms with E-state index in [1.165, 1.54) is 0 Å². The first kappa shape index (κ1) is 14.1. The van der Waals surface area contributed by atoms with Crippen LogP contribution >= 0.6 is 50.9 Å². The molecule has 0 spiro atoms. The van der Waals surface area contributed by atoms with E-state index >= 15 is 0 Å². The number of nitrogens with two attached hydrogens (primary N) is 1. The molecule has 0 aromatic heterocycles. The van der Waals surface area contributed by atoms with E-state index in [9.17, 15) is 0 Å². The standard InChI is InChI=1S/C13H10BrCl2NS/c14-8-4-5-12(17)13(6-8)18-7-9-10(15)2-1-3-11(9)16/h1-6H,7,17H2. The molecule has 2 aromatic rings. The Kier molecular flexibility index (Phi) is 4.84. The Hall–Kier alpha value is -0.350. The zero-order valence-corrected chi connectivity index (χ0v) is 13.2. The Bertz CT molecular complexity index is 555. The number of rotatable bonds is 3. The van der Waals surface area contributed by atoms with Crippen LogP contribution in [0.1, 0.15) is 5.56 Å². The molecule has 0 radical (unpaired) electrons. The highest BCUT2D eigenvalue weighted by atomic mass is 79.9. The molecule has 0 unspecified atom stereocenters. The lowest BCUT2D eigenvalue weighted by Gasteiger charge is -2.08. The van der Waals surface area contributed by atoms with E-state index in [1.807, 2.05) is 36.4 Å². The lowest BCUT2D eigenvalue weighted by atomic mass is 10.2. The monoisotopic (exact) mass is 361 g/mol. The van der Waals surface area contributed by atoms with Gasteiger partial charge in [0, 0.05) is 30.9 Å². The van der Waals surface area contributed by atoms with E-state index in [0.29, 0.717) is 15.8 Å². The highest BCUT2D eigenvalue weighted by molar-refractivity contribution is 9.10. The van der Waals surface area contributed by atoms with Crippen LogP contribution in [-0.4, -0.2) is 0 Å². The molecule has 2 rings (SSSR count). The number of anilines is 1. The van der Waals surface area contributed by atoms with Crippen LogP contribution in [0.3, 0.4) is 0 Å². The van der Waals surface area contributed by atoms with E-state index in [-0.39, 0.29) is 0 Å². The predicted octanol–water partition coefficient (Wildman–Crippen LogP) is 5.63. The molecule has 5 heteroatoms. The van der Waals surface area contributed by atoms with Gasteiger partial charge >= 0.3 is 0 Å². The van der Waals surface area contributed by atoms with Gasteiger partial charge in [-0.2, -0.15) is 0 Å². The summed E-state index contributed by atoms with van der Waals surface area (Å²) in [7, 11) is 0. The Morgan fingerprint density at radius 3 is 2.44 bits per heavy atom. The predicted molar refractivity (Wildman–Crippen MR) is 84.6 cm³/mol. The topological polar surface area (TPSA) is 26.0 Å². The van der Waals surface area contributed by atoms with Crippen LogP contribution in [0.2, 0.25) is 10.0 Å². The maximum Gasteiger partial charge on any atom is 0.0461 e. The van der Waals surface area contributed by atoms with Crippen molar-refractivity contribution in [2.75, 3.05) is 5.73 Å². The Balaban J connectivity index is 2.19. The molecule has 2 aromatic carbocycles. The minimum absolute atomic E-state index is 0.684. The Labute approximate surface area is 129 Å². The molecule has 0 amide bonds. The number of benzene rings is 2. The molecule has 0 fully saturated rings. The summed E-state index contributed by atoms with van der Waals surface area (Å²) in [5.41, 5.74) is 7.61. The van der Waals surface area contributed by atoms with Crippen LogP contribution in [-0.2, 0) is 5.75 Å². The van der Waals surface area contributed by atoms with Crippen LogP contribution in [0, 0.1) is 0 Å². The highest BCUT2D eigenvalue weighted by Crippen LogP contribution is 2.34. The van der Waals surface area contributed by atoms with Crippen molar-refractivity contribution in [1.82, 2.24) is 0 Å². The summed E-state index contributed by atoms with van der Waals surface area (Å²) in [4.78, 5) is 1.01. The first-order chi connectivity index (χ1) is 8.58. The zero-order valence-electron chi connectivity index (χ0n) is 9.29. The second-order valence-corrected chi connectivity index (χ2v) is 6.42. The van der Waals surface area contributed by atoms with Gasteiger partial charge in [0.25, 0.3) is 0 Å². The Morgan fingerprint density at radius 1 is 1.11 bits per heavy atom. The summed E-state index contributed by atoms with van der Waals surface area (Å²) >= 11 is 17.3. The molecule has 0 heterocycles. The van der Waals surface area contributed by atoms with Crippen molar-refractivity contribution in [3.63, 3.8) is 0 Å². The summed E-state index contributed by atoms with van der Waals surface area (Å²) < 4.78 is 1.00. The highest BCUT2D eigenvalue weighted by Gasteiger charge is 2.07. The maximum atomic E-state index is 6.13. The number of halogens is 3. The third-order valence-electron chi connectivity index (χ3n) is 2.41. The van der Waals surface area contributed by atoms with Crippen molar-refractivity contribution in [2.24, 2.45) is 0 Å². The van der Waals surface area contributed by atoms with Crippen LogP contribution in [0.4, 0.5) is 5.69 Å². The first-order valence-corrected chi connectivity index (χ1v) is 7.72. The lowest BCUT2D eigenvalue weighted by molar-refractivity contribution is 1.37. The van der Waals surface area contributed by atoms with Crippen molar-refractivity contribution >= 4 is 56.6 Å².